The lowest BCUT2D eigenvalue weighted by atomic mass is 10.1. The Hall–Kier alpha value is -0.340. The van der Waals surface area contributed by atoms with Crippen LogP contribution in [0.3, 0.4) is 0 Å². The summed E-state index contributed by atoms with van der Waals surface area (Å²) in [4.78, 5) is 2.49. The maximum atomic E-state index is 5.31. The van der Waals surface area contributed by atoms with Gasteiger partial charge in [0.05, 0.1) is 0 Å². The van der Waals surface area contributed by atoms with Gasteiger partial charge in [0.25, 0.3) is 0 Å². The Kier molecular flexibility index (Phi) is 2.20. The summed E-state index contributed by atoms with van der Waals surface area (Å²) in [6.07, 6.45) is 1.07. The van der Waals surface area contributed by atoms with Gasteiger partial charge in [-0.3, -0.25) is 0 Å². The molecule has 2 rings (SSSR count). The first-order valence-electron chi connectivity index (χ1n) is 4.04. The number of fused-ring (bicyclic) bond motifs is 1. The minimum absolute atomic E-state index is 1.07. The van der Waals surface area contributed by atoms with Crippen molar-refractivity contribution in [1.82, 2.24) is 0 Å². The first-order valence-corrected chi connectivity index (χ1v) is 5.43. The molecule has 1 aliphatic rings. The zero-order valence-electron chi connectivity index (χ0n) is 6.96. The highest BCUT2D eigenvalue weighted by Crippen LogP contribution is 2.30. The highest BCUT2D eigenvalue weighted by molar-refractivity contribution is 7.99. The summed E-state index contributed by atoms with van der Waals surface area (Å²) in [6.45, 7) is 2.11. The van der Waals surface area contributed by atoms with Crippen LogP contribution in [0.4, 0.5) is 0 Å². The third-order valence-electron chi connectivity index (χ3n) is 2.02. The molecular weight excluding hydrogens is 184 g/mol. The van der Waals surface area contributed by atoms with Gasteiger partial charge < -0.3 is 0 Å². The second kappa shape index (κ2) is 3.19. The van der Waals surface area contributed by atoms with Crippen molar-refractivity contribution in [3.05, 3.63) is 29.3 Å². The molecule has 1 heterocycles. The number of thiocarbonyl (C=S) groups is 1. The molecule has 62 valence electrons. The molecule has 0 bridgehead atoms. The summed E-state index contributed by atoms with van der Waals surface area (Å²) in [6, 6.07) is 6.53. The number of thioether (sulfide) groups is 1. The molecular formula is C10H10S2. The van der Waals surface area contributed by atoms with Crippen LogP contribution in [0.2, 0.25) is 0 Å². The molecule has 0 spiro atoms. The lowest BCUT2D eigenvalue weighted by Gasteiger charge is -2.16. The number of benzene rings is 1. The quantitative estimate of drug-likeness (QED) is 0.582. The van der Waals surface area contributed by atoms with Gasteiger partial charge in [-0.1, -0.05) is 23.8 Å². The number of hydrogen-bond acceptors (Lipinski definition) is 2. The molecule has 1 aromatic carbocycles. The van der Waals surface area contributed by atoms with E-state index in [0.717, 1.165) is 17.0 Å². The Morgan fingerprint density at radius 2 is 2.25 bits per heavy atom. The van der Waals surface area contributed by atoms with Crippen molar-refractivity contribution in [1.29, 1.82) is 0 Å². The van der Waals surface area contributed by atoms with Gasteiger partial charge in [0, 0.05) is 21.1 Å². The smallest absolute Gasteiger partial charge is 0.0244 e. The van der Waals surface area contributed by atoms with Crippen molar-refractivity contribution in [2.24, 2.45) is 0 Å². The van der Waals surface area contributed by atoms with Gasteiger partial charge >= 0.3 is 0 Å². The Balaban J connectivity index is 2.54. The second-order valence-corrected chi connectivity index (χ2v) is 4.65. The molecule has 0 atom stereocenters. The van der Waals surface area contributed by atoms with Crippen LogP contribution in [-0.4, -0.2) is 10.6 Å². The fraction of sp³-hybridized carbons (Fsp3) is 0.300. The summed E-state index contributed by atoms with van der Waals surface area (Å²) in [5.74, 6) is 1.15. The van der Waals surface area contributed by atoms with E-state index in [9.17, 15) is 0 Å². The minimum Gasteiger partial charge on any atom is -0.125 e. The zero-order chi connectivity index (χ0) is 8.55. The fourth-order valence-corrected chi connectivity index (χ4v) is 2.87. The highest BCUT2D eigenvalue weighted by Gasteiger charge is 2.13. The highest BCUT2D eigenvalue weighted by atomic mass is 32.2. The van der Waals surface area contributed by atoms with E-state index in [2.05, 4.69) is 25.1 Å². The molecule has 0 aromatic heterocycles. The van der Waals surface area contributed by atoms with Gasteiger partial charge in [0.15, 0.2) is 0 Å². The Morgan fingerprint density at radius 1 is 1.42 bits per heavy atom. The van der Waals surface area contributed by atoms with Crippen molar-refractivity contribution in [3.63, 3.8) is 0 Å². The van der Waals surface area contributed by atoms with E-state index in [4.69, 9.17) is 12.2 Å². The molecule has 0 unspecified atom stereocenters. The van der Waals surface area contributed by atoms with Crippen LogP contribution in [0.25, 0.3) is 0 Å². The third kappa shape index (κ3) is 1.41. The number of hydrogen-bond donors (Lipinski definition) is 0. The van der Waals surface area contributed by atoms with Crippen LogP contribution in [0, 0.1) is 6.92 Å². The van der Waals surface area contributed by atoms with Crippen LogP contribution in [0.15, 0.2) is 23.1 Å². The summed E-state index contributed by atoms with van der Waals surface area (Å²) in [5, 5.41) is 0. The van der Waals surface area contributed by atoms with Gasteiger partial charge in [-0.25, -0.2) is 0 Å². The van der Waals surface area contributed by atoms with E-state index < -0.39 is 0 Å². The molecule has 2 heteroatoms. The topological polar surface area (TPSA) is 0 Å². The van der Waals surface area contributed by atoms with Gasteiger partial charge in [-0.2, -0.15) is 0 Å². The van der Waals surface area contributed by atoms with Crippen molar-refractivity contribution in [2.75, 3.05) is 5.75 Å². The first-order chi connectivity index (χ1) is 5.77. The fourth-order valence-electron chi connectivity index (χ4n) is 1.38. The molecule has 0 N–H and O–H groups in total. The van der Waals surface area contributed by atoms with E-state index in [-0.39, 0.29) is 0 Å². The summed E-state index contributed by atoms with van der Waals surface area (Å²) >= 11 is 7.22. The molecule has 0 fully saturated rings. The Labute approximate surface area is 82.4 Å². The molecule has 12 heavy (non-hydrogen) atoms. The van der Waals surface area contributed by atoms with Crippen molar-refractivity contribution in [2.45, 2.75) is 18.2 Å². The van der Waals surface area contributed by atoms with E-state index in [1.807, 2.05) is 11.8 Å². The van der Waals surface area contributed by atoms with Crippen LogP contribution in [-0.2, 0) is 0 Å². The molecule has 0 radical (unpaired) electrons. The Morgan fingerprint density at radius 3 is 3.08 bits per heavy atom. The minimum atomic E-state index is 1.07. The molecule has 0 saturated carbocycles. The summed E-state index contributed by atoms with van der Waals surface area (Å²) in [7, 11) is 0. The maximum Gasteiger partial charge on any atom is 0.0244 e. The molecule has 1 aliphatic heterocycles. The molecule has 0 saturated heterocycles. The monoisotopic (exact) mass is 194 g/mol. The third-order valence-corrected chi connectivity index (χ3v) is 3.52. The van der Waals surface area contributed by atoms with Gasteiger partial charge in [0.1, 0.15) is 0 Å². The average Bonchev–Trinajstić information content (AvgIpc) is 2.07. The zero-order valence-corrected chi connectivity index (χ0v) is 8.60. The lowest BCUT2D eigenvalue weighted by Crippen LogP contribution is -2.06. The van der Waals surface area contributed by atoms with E-state index in [1.54, 1.807) is 0 Å². The largest absolute Gasteiger partial charge is 0.125 e. The van der Waals surface area contributed by atoms with Gasteiger partial charge in [-0.15, -0.1) is 11.8 Å². The SMILES string of the molecule is Cc1ccc2c(c1)C(=S)CCS2. The molecule has 1 aromatic rings. The summed E-state index contributed by atoms with van der Waals surface area (Å²) < 4.78 is 0. The first kappa shape index (κ1) is 8.27. The number of aryl methyl sites for hydroxylation is 1. The van der Waals surface area contributed by atoms with Crippen molar-refractivity contribution >= 4 is 28.8 Å². The molecule has 0 amide bonds. The van der Waals surface area contributed by atoms with Gasteiger partial charge in [0.2, 0.25) is 0 Å². The van der Waals surface area contributed by atoms with E-state index >= 15 is 0 Å². The van der Waals surface area contributed by atoms with Crippen LogP contribution in [0.5, 0.6) is 0 Å². The van der Waals surface area contributed by atoms with E-state index in [1.165, 1.54) is 16.0 Å². The standard InChI is InChI=1S/C10H10S2/c1-7-2-3-10-8(6-7)9(11)4-5-12-10/h2-3,6H,4-5H2,1H3. The van der Waals surface area contributed by atoms with Crippen molar-refractivity contribution < 1.29 is 0 Å². The lowest BCUT2D eigenvalue weighted by molar-refractivity contribution is 1.24. The second-order valence-electron chi connectivity index (χ2n) is 3.02. The van der Waals surface area contributed by atoms with Crippen LogP contribution < -0.4 is 0 Å². The Bertz CT molecular complexity index is 329. The number of rotatable bonds is 0. The molecule has 0 aliphatic carbocycles. The van der Waals surface area contributed by atoms with E-state index in [0.29, 0.717) is 0 Å². The van der Waals surface area contributed by atoms with Gasteiger partial charge in [-0.05, 0) is 25.5 Å². The van der Waals surface area contributed by atoms with Crippen LogP contribution >= 0.6 is 24.0 Å². The van der Waals surface area contributed by atoms with Crippen LogP contribution in [0.1, 0.15) is 17.5 Å². The molecule has 0 nitrogen and oxygen atoms in total. The summed E-state index contributed by atoms with van der Waals surface area (Å²) in [5.41, 5.74) is 2.60. The van der Waals surface area contributed by atoms with Crippen molar-refractivity contribution in [3.8, 4) is 0 Å². The predicted octanol–water partition coefficient (Wildman–Crippen LogP) is 3.21. The normalized spacial score (nSPS) is 15.9. The maximum absolute atomic E-state index is 5.31. The predicted molar refractivity (Wildman–Crippen MR) is 58.2 cm³/mol. The average molecular weight is 194 g/mol.